The van der Waals surface area contributed by atoms with E-state index in [0.29, 0.717) is 12.4 Å². The maximum absolute atomic E-state index is 13.3. The number of aromatic carboxylic acids is 1. The lowest BCUT2D eigenvalue weighted by atomic mass is 10.2. The van der Waals surface area contributed by atoms with Gasteiger partial charge in [-0.2, -0.15) is 8.78 Å². The molecule has 0 spiro atoms. The normalized spacial score (nSPS) is 10.5. The predicted molar refractivity (Wildman–Crippen MR) is 60.2 cm³/mol. The summed E-state index contributed by atoms with van der Waals surface area (Å²) in [6.45, 7) is 0. The lowest BCUT2D eigenvalue weighted by Gasteiger charge is -2.08. The lowest BCUT2D eigenvalue weighted by Crippen LogP contribution is -2.16. The number of hydrogen-bond donors (Lipinski definition) is 1. The molecule has 0 aliphatic carbocycles. The Morgan fingerprint density at radius 1 is 0.826 bits per heavy atom. The van der Waals surface area contributed by atoms with Crippen LogP contribution in [-0.4, -0.2) is 27.0 Å². The van der Waals surface area contributed by atoms with Crippen LogP contribution in [0.4, 0.5) is 22.0 Å². The van der Waals surface area contributed by atoms with E-state index in [1.165, 1.54) is 0 Å². The van der Waals surface area contributed by atoms with Gasteiger partial charge in [0.05, 0.1) is 12.4 Å². The monoisotopic (exact) mass is 334 g/mol. The molecule has 1 aromatic carbocycles. The van der Waals surface area contributed by atoms with E-state index in [1.807, 2.05) is 0 Å². The van der Waals surface area contributed by atoms with E-state index >= 15 is 0 Å². The number of esters is 1. The van der Waals surface area contributed by atoms with Crippen LogP contribution < -0.4 is 4.74 Å². The molecule has 0 atom stereocenters. The fourth-order valence-corrected chi connectivity index (χ4v) is 1.36. The van der Waals surface area contributed by atoms with Gasteiger partial charge in [0.25, 0.3) is 0 Å². The van der Waals surface area contributed by atoms with Crippen LogP contribution in [0.1, 0.15) is 21.0 Å². The van der Waals surface area contributed by atoms with Gasteiger partial charge in [0.2, 0.25) is 34.8 Å². The van der Waals surface area contributed by atoms with Gasteiger partial charge in [0.1, 0.15) is 0 Å². The smallest absolute Gasteiger partial charge is 0.364 e. The average Bonchev–Trinajstić information content (AvgIpc) is 2.55. The molecule has 1 aromatic heterocycles. The van der Waals surface area contributed by atoms with Gasteiger partial charge in [0, 0.05) is 0 Å². The summed E-state index contributed by atoms with van der Waals surface area (Å²) in [6.07, 6.45) is 1.23. The Bertz CT molecular complexity index is 781. The molecule has 2 rings (SSSR count). The summed E-state index contributed by atoms with van der Waals surface area (Å²) >= 11 is 0. The molecule has 11 heteroatoms. The third-order valence-electron chi connectivity index (χ3n) is 2.44. The quantitative estimate of drug-likeness (QED) is 0.304. The minimum atomic E-state index is -2.41. The summed E-state index contributed by atoms with van der Waals surface area (Å²) in [6, 6.07) is 0. The van der Waals surface area contributed by atoms with Crippen molar-refractivity contribution in [3.8, 4) is 5.75 Å². The number of carbonyl (C=O) groups excluding carboxylic acids is 1. The van der Waals surface area contributed by atoms with Crippen LogP contribution in [0, 0.1) is 29.1 Å². The Morgan fingerprint density at radius 2 is 1.26 bits per heavy atom. The molecular formula is C12H3F5N2O4. The summed E-state index contributed by atoms with van der Waals surface area (Å²) in [7, 11) is 0. The second kappa shape index (κ2) is 5.94. The van der Waals surface area contributed by atoms with Crippen LogP contribution in [0.15, 0.2) is 12.4 Å². The lowest BCUT2D eigenvalue weighted by molar-refractivity contribution is 0.0679. The van der Waals surface area contributed by atoms with Gasteiger partial charge >= 0.3 is 11.9 Å². The highest BCUT2D eigenvalue weighted by Gasteiger charge is 2.29. The molecule has 23 heavy (non-hydrogen) atoms. The van der Waals surface area contributed by atoms with Crippen molar-refractivity contribution in [1.82, 2.24) is 9.97 Å². The third kappa shape index (κ3) is 2.93. The number of hydrogen-bond acceptors (Lipinski definition) is 5. The standard InChI is InChI=1S/C12H3F5N2O4/c13-5-6(14)8(16)10(9(17)7(5)15)23-12(22)4-2-18-3(1-19-4)11(20)21/h1-2H,(H,20,21). The maximum atomic E-state index is 13.3. The number of nitrogens with zero attached hydrogens (tertiary/aromatic N) is 2. The number of benzene rings is 1. The predicted octanol–water partition coefficient (Wildman–Crippen LogP) is 2.09. The highest BCUT2D eigenvalue weighted by atomic mass is 19.2. The molecule has 0 saturated heterocycles. The Balaban J connectivity index is 2.36. The fourth-order valence-electron chi connectivity index (χ4n) is 1.36. The van der Waals surface area contributed by atoms with E-state index in [-0.39, 0.29) is 0 Å². The fraction of sp³-hybridized carbons (Fsp3) is 0. The topological polar surface area (TPSA) is 89.4 Å². The molecule has 0 aliphatic heterocycles. The molecular weight excluding hydrogens is 331 g/mol. The Kier molecular flexibility index (Phi) is 4.20. The van der Waals surface area contributed by atoms with E-state index in [9.17, 15) is 31.5 Å². The first-order valence-electron chi connectivity index (χ1n) is 5.53. The summed E-state index contributed by atoms with van der Waals surface area (Å²) in [4.78, 5) is 28.7. The maximum Gasteiger partial charge on any atom is 0.364 e. The van der Waals surface area contributed by atoms with Crippen molar-refractivity contribution in [3.63, 3.8) is 0 Å². The Morgan fingerprint density at radius 3 is 1.70 bits per heavy atom. The molecule has 120 valence electrons. The van der Waals surface area contributed by atoms with Crippen molar-refractivity contribution >= 4 is 11.9 Å². The molecule has 0 amide bonds. The summed E-state index contributed by atoms with van der Waals surface area (Å²) in [5.74, 6) is -16.6. The number of ether oxygens (including phenoxy) is 1. The minimum Gasteiger partial charge on any atom is -0.476 e. The molecule has 0 aliphatic rings. The molecule has 6 nitrogen and oxygen atoms in total. The van der Waals surface area contributed by atoms with Crippen LogP contribution >= 0.6 is 0 Å². The van der Waals surface area contributed by atoms with Crippen molar-refractivity contribution in [2.24, 2.45) is 0 Å². The van der Waals surface area contributed by atoms with Gasteiger partial charge in [-0.15, -0.1) is 0 Å². The van der Waals surface area contributed by atoms with Crippen LogP contribution in [0.5, 0.6) is 5.75 Å². The van der Waals surface area contributed by atoms with Gasteiger partial charge in [-0.1, -0.05) is 0 Å². The molecule has 0 radical (unpaired) electrons. The van der Waals surface area contributed by atoms with Crippen molar-refractivity contribution in [3.05, 3.63) is 52.9 Å². The Hall–Kier alpha value is -3.11. The zero-order chi connectivity index (χ0) is 17.3. The number of carboxylic acid groups (broad SMARTS) is 1. The van der Waals surface area contributed by atoms with Crippen molar-refractivity contribution in [2.75, 3.05) is 0 Å². The average molecular weight is 334 g/mol. The second-order valence-electron chi connectivity index (χ2n) is 3.88. The Labute approximate surface area is 123 Å². The largest absolute Gasteiger partial charge is 0.476 e. The van der Waals surface area contributed by atoms with Crippen LogP contribution in [-0.2, 0) is 0 Å². The zero-order valence-electron chi connectivity index (χ0n) is 10.6. The van der Waals surface area contributed by atoms with E-state index in [4.69, 9.17) is 5.11 Å². The van der Waals surface area contributed by atoms with Crippen LogP contribution in [0.25, 0.3) is 0 Å². The van der Waals surface area contributed by atoms with Crippen LogP contribution in [0.2, 0.25) is 0 Å². The molecule has 0 saturated carbocycles. The van der Waals surface area contributed by atoms with E-state index in [2.05, 4.69) is 14.7 Å². The number of aromatic nitrogens is 2. The number of rotatable bonds is 3. The van der Waals surface area contributed by atoms with E-state index in [0.717, 1.165) is 0 Å². The van der Waals surface area contributed by atoms with Gasteiger partial charge in [-0.3, -0.25) is 0 Å². The molecule has 0 bridgehead atoms. The van der Waals surface area contributed by atoms with Crippen molar-refractivity contribution < 1.29 is 41.4 Å². The van der Waals surface area contributed by atoms with Gasteiger partial charge in [-0.25, -0.2) is 32.7 Å². The number of carbonyl (C=O) groups is 2. The first-order valence-corrected chi connectivity index (χ1v) is 5.53. The van der Waals surface area contributed by atoms with E-state index in [1.54, 1.807) is 0 Å². The first-order chi connectivity index (χ1) is 10.7. The molecule has 0 fully saturated rings. The van der Waals surface area contributed by atoms with E-state index < -0.39 is 58.2 Å². The van der Waals surface area contributed by atoms with Crippen molar-refractivity contribution in [2.45, 2.75) is 0 Å². The molecule has 2 aromatic rings. The van der Waals surface area contributed by atoms with Crippen molar-refractivity contribution in [1.29, 1.82) is 0 Å². The number of halogens is 5. The van der Waals surface area contributed by atoms with Gasteiger partial charge in [0.15, 0.2) is 11.4 Å². The summed E-state index contributed by atoms with van der Waals surface area (Å²) in [5.41, 5.74) is -1.25. The first kappa shape index (κ1) is 16.3. The van der Waals surface area contributed by atoms with Gasteiger partial charge in [-0.05, 0) is 0 Å². The minimum absolute atomic E-state index is 0.544. The van der Waals surface area contributed by atoms with Crippen LogP contribution in [0.3, 0.4) is 0 Å². The highest BCUT2D eigenvalue weighted by Crippen LogP contribution is 2.29. The SMILES string of the molecule is O=C(O)c1cnc(C(=O)Oc2c(F)c(F)c(F)c(F)c2F)cn1. The summed E-state index contributed by atoms with van der Waals surface area (Å²) < 4.78 is 69.5. The summed E-state index contributed by atoms with van der Waals surface area (Å²) in [5, 5.41) is 8.57. The molecule has 1 heterocycles. The van der Waals surface area contributed by atoms with Gasteiger partial charge < -0.3 is 9.84 Å². The number of carboxylic acids is 1. The highest BCUT2D eigenvalue weighted by molar-refractivity contribution is 5.90. The third-order valence-corrected chi connectivity index (χ3v) is 2.44. The molecule has 1 N–H and O–H groups in total. The zero-order valence-corrected chi connectivity index (χ0v) is 10.6. The molecule has 0 unspecified atom stereocenters. The second-order valence-corrected chi connectivity index (χ2v) is 3.88.